The van der Waals surface area contributed by atoms with E-state index in [4.69, 9.17) is 10.2 Å². The molecular formula is C20H22N2O2. The minimum atomic E-state index is 0.00590. The first kappa shape index (κ1) is 16.1. The highest BCUT2D eigenvalue weighted by atomic mass is 16.3. The average Bonchev–Trinajstić information content (AvgIpc) is 2.96. The molecule has 0 radical (unpaired) electrons. The van der Waals surface area contributed by atoms with Crippen LogP contribution >= 0.6 is 0 Å². The number of amides is 1. The number of carbonyl (C=O) groups excluding carboxylic acids is 1. The van der Waals surface area contributed by atoms with Crippen LogP contribution in [0.15, 0.2) is 47.1 Å². The van der Waals surface area contributed by atoms with E-state index in [1.54, 1.807) is 6.26 Å². The van der Waals surface area contributed by atoms with E-state index in [2.05, 4.69) is 18.3 Å². The number of nitrogens with one attached hydrogen (secondary N) is 1. The number of fused-ring (bicyclic) bond motifs is 1. The molecule has 0 aliphatic heterocycles. The maximum Gasteiger partial charge on any atom is 0.224 e. The van der Waals surface area contributed by atoms with E-state index in [-0.39, 0.29) is 5.91 Å². The van der Waals surface area contributed by atoms with Crippen LogP contribution in [0.1, 0.15) is 22.3 Å². The molecule has 0 saturated carbocycles. The van der Waals surface area contributed by atoms with Crippen molar-refractivity contribution in [1.29, 1.82) is 0 Å². The molecule has 0 unspecified atom stereocenters. The van der Waals surface area contributed by atoms with Gasteiger partial charge in [-0.2, -0.15) is 0 Å². The van der Waals surface area contributed by atoms with Crippen LogP contribution in [0, 0.1) is 13.8 Å². The topological polar surface area (TPSA) is 68.3 Å². The Morgan fingerprint density at radius 2 is 1.88 bits per heavy atom. The number of hydrogen-bond donors (Lipinski definition) is 2. The van der Waals surface area contributed by atoms with Crippen molar-refractivity contribution in [2.75, 3.05) is 12.3 Å². The second-order valence-corrected chi connectivity index (χ2v) is 6.16. The number of furan rings is 1. The summed E-state index contributed by atoms with van der Waals surface area (Å²) in [4.78, 5) is 12.2. The van der Waals surface area contributed by atoms with E-state index >= 15 is 0 Å². The molecule has 0 aliphatic rings. The van der Waals surface area contributed by atoms with Gasteiger partial charge in [0.05, 0.1) is 12.7 Å². The summed E-state index contributed by atoms with van der Waals surface area (Å²) in [5.74, 6) is 0.00590. The molecule has 0 bridgehead atoms. The number of benzene rings is 2. The van der Waals surface area contributed by atoms with Crippen LogP contribution in [-0.4, -0.2) is 12.5 Å². The highest BCUT2D eigenvalue weighted by Gasteiger charge is 2.12. The van der Waals surface area contributed by atoms with Crippen molar-refractivity contribution in [3.05, 3.63) is 64.9 Å². The fraction of sp³-hybridized carbons (Fsp3) is 0.250. The smallest absolute Gasteiger partial charge is 0.224 e. The Morgan fingerprint density at radius 1 is 1.12 bits per heavy atom. The Bertz CT molecular complexity index is 863. The quantitative estimate of drug-likeness (QED) is 0.706. The predicted octanol–water partition coefficient (Wildman–Crippen LogP) is 3.53. The second kappa shape index (κ2) is 6.79. The van der Waals surface area contributed by atoms with E-state index in [9.17, 15) is 4.79 Å². The van der Waals surface area contributed by atoms with Gasteiger partial charge in [-0.05, 0) is 49.1 Å². The summed E-state index contributed by atoms with van der Waals surface area (Å²) in [7, 11) is 0. The van der Waals surface area contributed by atoms with Crippen LogP contribution in [0.25, 0.3) is 11.0 Å². The lowest BCUT2D eigenvalue weighted by Gasteiger charge is -2.05. The number of hydrogen-bond acceptors (Lipinski definition) is 3. The van der Waals surface area contributed by atoms with Gasteiger partial charge >= 0.3 is 0 Å². The van der Waals surface area contributed by atoms with Gasteiger partial charge in [-0.25, -0.2) is 0 Å². The molecule has 124 valence electrons. The summed E-state index contributed by atoms with van der Waals surface area (Å²) in [5.41, 5.74) is 11.7. The summed E-state index contributed by atoms with van der Waals surface area (Å²) >= 11 is 0. The lowest BCUT2D eigenvalue weighted by atomic mass is 10.0. The third kappa shape index (κ3) is 3.43. The molecule has 0 atom stereocenters. The van der Waals surface area contributed by atoms with E-state index in [0.29, 0.717) is 13.0 Å². The van der Waals surface area contributed by atoms with Crippen molar-refractivity contribution in [2.45, 2.75) is 26.7 Å². The predicted molar refractivity (Wildman–Crippen MR) is 97.0 cm³/mol. The molecular weight excluding hydrogens is 300 g/mol. The Hall–Kier alpha value is -2.75. The maximum atomic E-state index is 12.2. The Kier molecular flexibility index (Phi) is 4.56. The summed E-state index contributed by atoms with van der Waals surface area (Å²) in [6.07, 6.45) is 2.81. The van der Waals surface area contributed by atoms with Crippen LogP contribution < -0.4 is 11.1 Å². The van der Waals surface area contributed by atoms with Gasteiger partial charge in [-0.3, -0.25) is 4.79 Å². The first-order valence-corrected chi connectivity index (χ1v) is 8.12. The third-order valence-corrected chi connectivity index (χ3v) is 4.41. The Labute approximate surface area is 141 Å². The standard InChI is InChI=1S/C20H22N2O2/c1-13-3-8-18-16(12-24-20(18)14(13)2)11-19(23)22-10-9-15-4-6-17(21)7-5-15/h3-8,12H,9-11,21H2,1-2H3,(H,22,23). The number of anilines is 1. The molecule has 1 aromatic heterocycles. The van der Waals surface area contributed by atoms with E-state index in [1.807, 2.05) is 37.3 Å². The molecule has 4 nitrogen and oxygen atoms in total. The monoisotopic (exact) mass is 322 g/mol. The molecule has 3 N–H and O–H groups in total. The third-order valence-electron chi connectivity index (χ3n) is 4.41. The first-order valence-electron chi connectivity index (χ1n) is 8.12. The zero-order valence-corrected chi connectivity index (χ0v) is 14.1. The van der Waals surface area contributed by atoms with Gasteiger partial charge in [0.1, 0.15) is 5.58 Å². The van der Waals surface area contributed by atoms with Crippen molar-refractivity contribution < 1.29 is 9.21 Å². The normalized spacial score (nSPS) is 10.9. The first-order chi connectivity index (χ1) is 11.5. The molecule has 0 aliphatic carbocycles. The molecule has 0 saturated heterocycles. The largest absolute Gasteiger partial charge is 0.464 e. The highest BCUT2D eigenvalue weighted by Crippen LogP contribution is 2.26. The lowest BCUT2D eigenvalue weighted by molar-refractivity contribution is -0.120. The molecule has 1 amide bonds. The van der Waals surface area contributed by atoms with Crippen LogP contribution in [0.2, 0.25) is 0 Å². The number of rotatable bonds is 5. The number of carbonyl (C=O) groups is 1. The van der Waals surface area contributed by atoms with Crippen molar-refractivity contribution in [3.63, 3.8) is 0 Å². The average molecular weight is 322 g/mol. The number of nitrogen functional groups attached to an aromatic ring is 1. The minimum absolute atomic E-state index is 0.00590. The summed E-state index contributed by atoms with van der Waals surface area (Å²) in [6, 6.07) is 11.8. The van der Waals surface area contributed by atoms with Crippen LogP contribution in [0.5, 0.6) is 0 Å². The second-order valence-electron chi connectivity index (χ2n) is 6.16. The number of aryl methyl sites for hydroxylation is 2. The summed E-state index contributed by atoms with van der Waals surface area (Å²) in [6.45, 7) is 4.70. The summed E-state index contributed by atoms with van der Waals surface area (Å²) in [5, 5.41) is 3.98. The van der Waals surface area contributed by atoms with Crippen LogP contribution in [0.4, 0.5) is 5.69 Å². The Morgan fingerprint density at radius 3 is 2.62 bits per heavy atom. The number of nitrogens with two attached hydrogens (primary N) is 1. The van der Waals surface area contributed by atoms with Gasteiger partial charge in [0.25, 0.3) is 0 Å². The maximum absolute atomic E-state index is 12.2. The zero-order valence-electron chi connectivity index (χ0n) is 14.1. The molecule has 24 heavy (non-hydrogen) atoms. The van der Waals surface area contributed by atoms with Gasteiger partial charge in [0.15, 0.2) is 0 Å². The van der Waals surface area contributed by atoms with Crippen molar-refractivity contribution in [1.82, 2.24) is 5.32 Å². The summed E-state index contributed by atoms with van der Waals surface area (Å²) < 4.78 is 5.65. The van der Waals surface area contributed by atoms with E-state index in [0.717, 1.165) is 39.8 Å². The molecule has 4 heteroatoms. The molecule has 0 fully saturated rings. The van der Waals surface area contributed by atoms with E-state index in [1.165, 1.54) is 5.56 Å². The lowest BCUT2D eigenvalue weighted by Crippen LogP contribution is -2.27. The van der Waals surface area contributed by atoms with E-state index < -0.39 is 0 Å². The van der Waals surface area contributed by atoms with Gasteiger partial charge in [0, 0.05) is 23.2 Å². The fourth-order valence-electron chi connectivity index (χ4n) is 2.79. The van der Waals surface area contributed by atoms with Gasteiger partial charge < -0.3 is 15.5 Å². The molecule has 3 aromatic rings. The Balaban J connectivity index is 1.59. The van der Waals surface area contributed by atoms with Gasteiger partial charge in [0.2, 0.25) is 5.91 Å². The van der Waals surface area contributed by atoms with Crippen LogP contribution in [-0.2, 0) is 17.6 Å². The molecule has 1 heterocycles. The van der Waals surface area contributed by atoms with Crippen molar-refractivity contribution in [3.8, 4) is 0 Å². The SMILES string of the molecule is Cc1ccc2c(CC(=O)NCCc3ccc(N)cc3)coc2c1C. The molecule has 3 rings (SSSR count). The van der Waals surface area contributed by atoms with Crippen molar-refractivity contribution >= 4 is 22.6 Å². The molecule has 0 spiro atoms. The molecule has 2 aromatic carbocycles. The highest BCUT2D eigenvalue weighted by molar-refractivity contribution is 5.89. The zero-order chi connectivity index (χ0) is 17.1. The van der Waals surface area contributed by atoms with Gasteiger partial charge in [-0.1, -0.05) is 24.3 Å². The van der Waals surface area contributed by atoms with Gasteiger partial charge in [-0.15, -0.1) is 0 Å². The minimum Gasteiger partial charge on any atom is -0.464 e. The van der Waals surface area contributed by atoms with Crippen LogP contribution in [0.3, 0.4) is 0 Å². The van der Waals surface area contributed by atoms with Crippen molar-refractivity contribution in [2.24, 2.45) is 0 Å². The fourth-order valence-corrected chi connectivity index (χ4v) is 2.79.